The quantitative estimate of drug-likeness (QED) is 0.316. The summed E-state index contributed by atoms with van der Waals surface area (Å²) in [6.07, 6.45) is -0.697. The monoisotopic (exact) mass is 556 g/mol. The van der Waals surface area contributed by atoms with Gasteiger partial charge in [0.25, 0.3) is 0 Å². The van der Waals surface area contributed by atoms with Crippen molar-refractivity contribution in [2.75, 3.05) is 23.4 Å². The molecule has 0 spiro atoms. The van der Waals surface area contributed by atoms with Gasteiger partial charge in [-0.15, -0.1) is 0 Å². The number of nitrogens with one attached hydrogen (secondary N) is 1. The third kappa shape index (κ3) is 6.05. The number of ether oxygens (including phenoxy) is 1. The predicted octanol–water partition coefficient (Wildman–Crippen LogP) is 7.69. The number of carboxylic acid groups (broad SMARTS) is 1. The zero-order valence-corrected chi connectivity index (χ0v) is 21.5. The van der Waals surface area contributed by atoms with Gasteiger partial charge in [0.1, 0.15) is 18.2 Å². The van der Waals surface area contributed by atoms with E-state index in [0.717, 1.165) is 36.8 Å². The first-order valence-electron chi connectivity index (χ1n) is 13.1. The smallest absolute Gasteiger partial charge is 0.416 e. The number of halogens is 4. The highest BCUT2D eigenvalue weighted by molar-refractivity contribution is 6.03. The van der Waals surface area contributed by atoms with E-state index in [2.05, 4.69) is 17.4 Å². The number of benzene rings is 3. The molecule has 210 valence electrons. The standard InChI is InChI=1S/C30H28F4N2O4/c31-24-11-10-23(30(32,33)34)17-25(24)35-29(39)36-13-14-40-27-16-22(9-12-26(27)36)21-7-5-20(6-8-21)19-3-1-18(2-4-19)15-28(37)38/h5-12,16-19H,1-4,13-15H2,(H,35,39)(H,37,38). The van der Waals surface area contributed by atoms with Crippen LogP contribution in [0.4, 0.5) is 33.7 Å². The van der Waals surface area contributed by atoms with Crippen LogP contribution in [-0.4, -0.2) is 30.3 Å². The van der Waals surface area contributed by atoms with Gasteiger partial charge in [-0.3, -0.25) is 9.69 Å². The van der Waals surface area contributed by atoms with E-state index >= 15 is 0 Å². The summed E-state index contributed by atoms with van der Waals surface area (Å²) in [5, 5.41) is 11.3. The molecule has 3 aromatic carbocycles. The molecule has 2 amide bonds. The van der Waals surface area contributed by atoms with E-state index in [1.807, 2.05) is 18.2 Å². The third-order valence-electron chi connectivity index (χ3n) is 7.63. The van der Waals surface area contributed by atoms with Crippen molar-refractivity contribution in [1.29, 1.82) is 0 Å². The fourth-order valence-corrected chi connectivity index (χ4v) is 5.49. The molecule has 2 aliphatic rings. The summed E-state index contributed by atoms with van der Waals surface area (Å²) in [7, 11) is 0. The molecule has 10 heteroatoms. The van der Waals surface area contributed by atoms with E-state index in [9.17, 15) is 27.2 Å². The molecule has 0 saturated heterocycles. The Kier molecular flexibility index (Phi) is 7.69. The number of nitrogens with zero attached hydrogens (tertiary/aromatic N) is 1. The second-order valence-corrected chi connectivity index (χ2v) is 10.2. The molecule has 0 radical (unpaired) electrons. The van der Waals surface area contributed by atoms with Crippen molar-refractivity contribution in [2.24, 2.45) is 5.92 Å². The Bertz CT molecular complexity index is 1400. The molecule has 1 heterocycles. The maximum Gasteiger partial charge on any atom is 0.416 e. The number of fused-ring (bicyclic) bond motifs is 1. The molecule has 2 N–H and O–H groups in total. The van der Waals surface area contributed by atoms with Crippen molar-refractivity contribution in [3.05, 3.63) is 77.6 Å². The average Bonchev–Trinajstić information content (AvgIpc) is 2.93. The lowest BCUT2D eigenvalue weighted by atomic mass is 9.77. The highest BCUT2D eigenvalue weighted by Crippen LogP contribution is 2.39. The van der Waals surface area contributed by atoms with Crippen LogP contribution in [0.15, 0.2) is 60.7 Å². The van der Waals surface area contributed by atoms with E-state index in [1.165, 1.54) is 10.5 Å². The Morgan fingerprint density at radius 1 is 0.950 bits per heavy atom. The van der Waals surface area contributed by atoms with E-state index < -0.39 is 35.2 Å². The fraction of sp³-hybridized carbons (Fsp3) is 0.333. The first-order chi connectivity index (χ1) is 19.1. The van der Waals surface area contributed by atoms with Crippen LogP contribution in [-0.2, 0) is 11.0 Å². The van der Waals surface area contributed by atoms with Crippen LogP contribution in [0.2, 0.25) is 0 Å². The predicted molar refractivity (Wildman–Crippen MR) is 142 cm³/mol. The van der Waals surface area contributed by atoms with Gasteiger partial charge in [-0.2, -0.15) is 13.2 Å². The largest absolute Gasteiger partial charge is 0.490 e. The number of rotatable bonds is 5. The number of aliphatic carboxylic acids is 1. The van der Waals surface area contributed by atoms with Gasteiger partial charge in [0.15, 0.2) is 0 Å². The number of amides is 2. The van der Waals surface area contributed by atoms with E-state index in [0.29, 0.717) is 35.6 Å². The first-order valence-corrected chi connectivity index (χ1v) is 13.1. The maximum atomic E-state index is 14.2. The molecule has 1 aliphatic heterocycles. The maximum absolute atomic E-state index is 14.2. The molecular formula is C30H28F4N2O4. The second-order valence-electron chi connectivity index (χ2n) is 10.2. The highest BCUT2D eigenvalue weighted by Gasteiger charge is 2.32. The molecule has 1 aliphatic carbocycles. The molecule has 40 heavy (non-hydrogen) atoms. The van der Waals surface area contributed by atoms with E-state index in [4.69, 9.17) is 9.84 Å². The van der Waals surface area contributed by atoms with Crippen LogP contribution in [0.5, 0.6) is 5.75 Å². The van der Waals surface area contributed by atoms with Gasteiger partial charge in [0, 0.05) is 6.42 Å². The summed E-state index contributed by atoms with van der Waals surface area (Å²) in [5.74, 6) is -0.629. The summed E-state index contributed by atoms with van der Waals surface area (Å²) in [5.41, 5.74) is 1.84. The minimum Gasteiger partial charge on any atom is -0.490 e. The summed E-state index contributed by atoms with van der Waals surface area (Å²) in [6.45, 7) is 0.306. The molecule has 0 aromatic heterocycles. The molecule has 6 nitrogen and oxygen atoms in total. The zero-order chi connectivity index (χ0) is 28.4. The van der Waals surface area contributed by atoms with Crippen LogP contribution in [0.1, 0.15) is 49.1 Å². The Labute approximate surface area is 228 Å². The van der Waals surface area contributed by atoms with Gasteiger partial charge < -0.3 is 15.2 Å². The normalized spacial score (nSPS) is 18.9. The number of carbonyl (C=O) groups is 2. The number of anilines is 2. The summed E-state index contributed by atoms with van der Waals surface area (Å²) in [4.78, 5) is 25.2. The van der Waals surface area contributed by atoms with Crippen molar-refractivity contribution in [3.8, 4) is 16.9 Å². The third-order valence-corrected chi connectivity index (χ3v) is 7.63. The molecule has 0 unspecified atom stereocenters. The number of alkyl halides is 3. The lowest BCUT2D eigenvalue weighted by Gasteiger charge is -2.30. The zero-order valence-electron chi connectivity index (χ0n) is 21.5. The minimum atomic E-state index is -4.67. The number of urea groups is 1. The Morgan fingerprint density at radius 2 is 1.65 bits per heavy atom. The van der Waals surface area contributed by atoms with Gasteiger partial charge in [-0.1, -0.05) is 30.3 Å². The lowest BCUT2D eigenvalue weighted by Crippen LogP contribution is -2.40. The molecule has 3 aromatic rings. The highest BCUT2D eigenvalue weighted by atomic mass is 19.4. The SMILES string of the molecule is O=C(O)CC1CCC(c2ccc(-c3ccc4c(c3)OCCN4C(=O)Nc3cc(C(F)(F)F)ccc3F)cc2)CC1. The number of carbonyl (C=O) groups excluding carboxylic acids is 1. The van der Waals surface area contributed by atoms with Gasteiger partial charge in [0.2, 0.25) is 0 Å². The second kappa shape index (κ2) is 11.2. The summed E-state index contributed by atoms with van der Waals surface area (Å²) < 4.78 is 59.1. The number of hydrogen-bond donors (Lipinski definition) is 2. The van der Waals surface area contributed by atoms with Gasteiger partial charge in [-0.25, -0.2) is 9.18 Å². The first kappa shape index (κ1) is 27.5. The van der Waals surface area contributed by atoms with Gasteiger partial charge in [-0.05, 0) is 84.5 Å². The van der Waals surface area contributed by atoms with Crippen LogP contribution in [0.25, 0.3) is 11.1 Å². The van der Waals surface area contributed by atoms with Crippen molar-refractivity contribution < 1.29 is 37.0 Å². The topological polar surface area (TPSA) is 78.9 Å². The lowest BCUT2D eigenvalue weighted by molar-refractivity contribution is -0.139. The van der Waals surface area contributed by atoms with Crippen LogP contribution >= 0.6 is 0 Å². The van der Waals surface area contributed by atoms with Crippen molar-refractivity contribution in [3.63, 3.8) is 0 Å². The Balaban J connectivity index is 1.28. The summed E-state index contributed by atoms with van der Waals surface area (Å²) >= 11 is 0. The van der Waals surface area contributed by atoms with Crippen LogP contribution < -0.4 is 15.0 Å². The number of hydrogen-bond acceptors (Lipinski definition) is 3. The van der Waals surface area contributed by atoms with E-state index in [-0.39, 0.29) is 25.5 Å². The molecule has 1 fully saturated rings. The molecule has 5 rings (SSSR count). The fourth-order valence-electron chi connectivity index (χ4n) is 5.49. The van der Waals surface area contributed by atoms with Crippen LogP contribution in [0, 0.1) is 11.7 Å². The van der Waals surface area contributed by atoms with Crippen molar-refractivity contribution in [1.82, 2.24) is 0 Å². The summed E-state index contributed by atoms with van der Waals surface area (Å²) in [6, 6.07) is 14.6. The van der Waals surface area contributed by atoms with Crippen molar-refractivity contribution in [2.45, 2.75) is 44.2 Å². The van der Waals surface area contributed by atoms with Gasteiger partial charge >= 0.3 is 18.2 Å². The Hall–Kier alpha value is -4.08. The molecule has 0 atom stereocenters. The molecule has 0 bridgehead atoms. The average molecular weight is 557 g/mol. The number of carboxylic acids is 1. The van der Waals surface area contributed by atoms with Crippen LogP contribution in [0.3, 0.4) is 0 Å². The van der Waals surface area contributed by atoms with Gasteiger partial charge in [0.05, 0.1) is 23.5 Å². The molecular weight excluding hydrogens is 528 g/mol. The Morgan fingerprint density at radius 3 is 2.33 bits per heavy atom. The minimum absolute atomic E-state index is 0.141. The van der Waals surface area contributed by atoms with Crippen molar-refractivity contribution >= 4 is 23.4 Å². The van der Waals surface area contributed by atoms with E-state index in [1.54, 1.807) is 12.1 Å². The molecule has 1 saturated carbocycles.